The Labute approximate surface area is 261 Å². The van der Waals surface area contributed by atoms with Crippen LogP contribution in [0.4, 0.5) is 28.9 Å². The molecule has 2 amide bonds. The molecule has 0 spiro atoms. The lowest BCUT2D eigenvalue weighted by molar-refractivity contribution is -0.117. The highest BCUT2D eigenvalue weighted by Crippen LogP contribution is 2.65. The van der Waals surface area contributed by atoms with Gasteiger partial charge in [0.25, 0.3) is 0 Å². The van der Waals surface area contributed by atoms with E-state index in [4.69, 9.17) is 58.0 Å². The molecule has 0 bridgehead atoms. The number of benzene rings is 3. The number of ketones is 1. The van der Waals surface area contributed by atoms with Gasteiger partial charge < -0.3 is 10.6 Å². The molecule has 2 atom stereocenters. The topological polar surface area (TPSA) is 75.3 Å². The van der Waals surface area contributed by atoms with Gasteiger partial charge in [-0.15, -0.1) is 29.8 Å². The highest BCUT2D eigenvalue weighted by atomic mass is 35.5. The third kappa shape index (κ3) is 6.40. The SMILES string of the molecule is C=CCC(=O)Nc1ccc(F)c(CC(=O)c2cc(NC(=O)[C@H]3[C@H](c4cc(Cl)c(Cl)c(Cl)c4)C3(Cl)Cl)cc(F)c2F)c1F. The molecule has 0 saturated heterocycles. The number of alkyl halides is 2. The van der Waals surface area contributed by atoms with Crippen LogP contribution in [0.3, 0.4) is 0 Å². The fourth-order valence-electron chi connectivity index (χ4n) is 4.35. The summed E-state index contributed by atoms with van der Waals surface area (Å²) in [5, 5.41) is 4.80. The number of Topliss-reactive ketones (excluding diaryl/α,β-unsaturated/α-hetero) is 1. The predicted molar refractivity (Wildman–Crippen MR) is 155 cm³/mol. The average molecular weight is 683 g/mol. The Kier molecular flexibility index (Phi) is 9.50. The van der Waals surface area contributed by atoms with E-state index in [1.807, 2.05) is 0 Å². The van der Waals surface area contributed by atoms with Crippen molar-refractivity contribution in [3.63, 3.8) is 0 Å². The van der Waals surface area contributed by atoms with Gasteiger partial charge >= 0.3 is 0 Å². The lowest BCUT2D eigenvalue weighted by atomic mass is 10.00. The summed E-state index contributed by atoms with van der Waals surface area (Å²) >= 11 is 30.7. The maximum absolute atomic E-state index is 15.0. The fraction of sp³-hybridized carbons (Fsp3) is 0.179. The molecule has 1 aliphatic rings. The van der Waals surface area contributed by atoms with E-state index < -0.39 is 80.3 Å². The molecular weight excluding hydrogens is 666 g/mol. The first kappa shape index (κ1) is 32.1. The zero-order valence-electron chi connectivity index (χ0n) is 20.9. The first-order valence-electron chi connectivity index (χ1n) is 11.9. The Morgan fingerprint density at radius 1 is 0.905 bits per heavy atom. The summed E-state index contributed by atoms with van der Waals surface area (Å²) in [5.74, 6) is -10.1. The Balaban J connectivity index is 1.57. The first-order chi connectivity index (χ1) is 19.7. The summed E-state index contributed by atoms with van der Waals surface area (Å²) in [6, 6.07) is 6.03. The Hall–Kier alpha value is -2.82. The van der Waals surface area contributed by atoms with Crippen LogP contribution in [0.2, 0.25) is 15.1 Å². The molecule has 0 aliphatic heterocycles. The predicted octanol–water partition coefficient (Wildman–Crippen LogP) is 8.67. The van der Waals surface area contributed by atoms with Gasteiger partial charge in [-0.1, -0.05) is 40.9 Å². The second-order valence-electron chi connectivity index (χ2n) is 9.27. The summed E-state index contributed by atoms with van der Waals surface area (Å²) in [7, 11) is 0. The molecule has 14 heteroatoms. The summed E-state index contributed by atoms with van der Waals surface area (Å²) < 4.78 is 56.9. The number of anilines is 2. The summed E-state index contributed by atoms with van der Waals surface area (Å²) in [5.41, 5.74) is -2.06. The molecule has 1 aliphatic carbocycles. The zero-order chi connectivity index (χ0) is 31.1. The second-order valence-corrected chi connectivity index (χ2v) is 11.9. The van der Waals surface area contributed by atoms with Gasteiger partial charge in [0.1, 0.15) is 10.2 Å². The van der Waals surface area contributed by atoms with Crippen LogP contribution in [0.5, 0.6) is 0 Å². The molecule has 3 aromatic rings. The molecule has 0 radical (unpaired) electrons. The van der Waals surface area contributed by atoms with Crippen molar-refractivity contribution < 1.29 is 31.9 Å². The summed E-state index contributed by atoms with van der Waals surface area (Å²) in [6.45, 7) is 3.38. The van der Waals surface area contributed by atoms with Gasteiger partial charge in [0.05, 0.1) is 32.2 Å². The fourth-order valence-corrected chi connectivity index (χ4v) is 5.79. The van der Waals surface area contributed by atoms with Gasteiger partial charge in [0.2, 0.25) is 11.8 Å². The molecular formula is C28H17Cl5F4N2O3. The molecule has 1 fully saturated rings. The molecule has 4 rings (SSSR count). The highest BCUT2D eigenvalue weighted by molar-refractivity contribution is 6.54. The van der Waals surface area contributed by atoms with Gasteiger partial charge in [-0.05, 0) is 35.9 Å². The van der Waals surface area contributed by atoms with Crippen molar-refractivity contribution in [2.24, 2.45) is 5.92 Å². The molecule has 2 N–H and O–H groups in total. The number of carbonyl (C=O) groups is 3. The molecule has 220 valence electrons. The standard InChI is InChI=1S/C28H17Cl5F4N2O3/c1-2-3-21(41)39-19-5-4-17(34)13(26(19)37)10-20(40)14-8-12(9-18(35)25(14)36)38-27(42)23-22(28(23,32)33)11-6-15(29)24(31)16(30)7-11/h2,4-9,22-23H,1,3,10H2,(H,38,42)(H,39,41)/t22-,23+/m0/s1. The van der Waals surface area contributed by atoms with Crippen molar-refractivity contribution in [3.8, 4) is 0 Å². The molecule has 0 aromatic heterocycles. The molecule has 5 nitrogen and oxygen atoms in total. The second kappa shape index (κ2) is 12.4. The van der Waals surface area contributed by atoms with Gasteiger partial charge in [-0.2, -0.15) is 0 Å². The zero-order valence-corrected chi connectivity index (χ0v) is 24.7. The third-order valence-corrected chi connectivity index (χ3v) is 8.56. The van der Waals surface area contributed by atoms with Crippen LogP contribution in [-0.2, 0) is 16.0 Å². The monoisotopic (exact) mass is 680 g/mol. The normalized spacial score (nSPS) is 17.0. The van der Waals surface area contributed by atoms with E-state index in [0.29, 0.717) is 11.6 Å². The van der Waals surface area contributed by atoms with Crippen molar-refractivity contribution in [1.82, 2.24) is 0 Å². The van der Waals surface area contributed by atoms with Gasteiger partial charge in [0, 0.05) is 36.1 Å². The van der Waals surface area contributed by atoms with E-state index >= 15 is 0 Å². The van der Waals surface area contributed by atoms with Crippen molar-refractivity contribution in [3.05, 3.63) is 104 Å². The summed E-state index contributed by atoms with van der Waals surface area (Å²) in [6.07, 6.45) is 0.0636. The number of rotatable bonds is 9. The number of nitrogens with one attached hydrogen (secondary N) is 2. The Morgan fingerprint density at radius 3 is 2.17 bits per heavy atom. The van der Waals surface area contributed by atoms with Crippen LogP contribution in [0.1, 0.15) is 33.8 Å². The lowest BCUT2D eigenvalue weighted by Crippen LogP contribution is -2.19. The number of hydrogen-bond acceptors (Lipinski definition) is 3. The van der Waals surface area contributed by atoms with Crippen LogP contribution >= 0.6 is 58.0 Å². The largest absolute Gasteiger partial charge is 0.326 e. The third-order valence-electron chi connectivity index (χ3n) is 6.42. The van der Waals surface area contributed by atoms with Gasteiger partial charge in [-0.25, -0.2) is 17.6 Å². The van der Waals surface area contributed by atoms with E-state index in [2.05, 4.69) is 17.2 Å². The minimum absolute atomic E-state index is 0.0846. The van der Waals surface area contributed by atoms with Gasteiger partial charge in [0.15, 0.2) is 23.2 Å². The molecule has 3 aromatic carbocycles. The number of halogens is 9. The minimum atomic E-state index is -1.62. The van der Waals surface area contributed by atoms with E-state index in [1.54, 1.807) is 0 Å². The summed E-state index contributed by atoms with van der Waals surface area (Å²) in [4.78, 5) is 37.7. The van der Waals surface area contributed by atoms with Crippen LogP contribution < -0.4 is 10.6 Å². The lowest BCUT2D eigenvalue weighted by Gasteiger charge is -2.12. The van der Waals surface area contributed by atoms with Crippen LogP contribution in [0.15, 0.2) is 49.1 Å². The van der Waals surface area contributed by atoms with E-state index in [1.165, 1.54) is 18.2 Å². The molecule has 0 heterocycles. The van der Waals surface area contributed by atoms with E-state index in [0.717, 1.165) is 18.2 Å². The average Bonchev–Trinajstić information content (AvgIpc) is 3.50. The number of amides is 2. The van der Waals surface area contributed by atoms with Crippen molar-refractivity contribution in [1.29, 1.82) is 0 Å². The van der Waals surface area contributed by atoms with Crippen LogP contribution in [0.25, 0.3) is 0 Å². The molecule has 42 heavy (non-hydrogen) atoms. The smallest absolute Gasteiger partial charge is 0.231 e. The van der Waals surface area contributed by atoms with E-state index in [9.17, 15) is 31.9 Å². The molecule has 1 saturated carbocycles. The highest BCUT2D eigenvalue weighted by Gasteiger charge is 2.67. The maximum atomic E-state index is 15.0. The minimum Gasteiger partial charge on any atom is -0.326 e. The van der Waals surface area contributed by atoms with Crippen molar-refractivity contribution in [2.45, 2.75) is 23.1 Å². The maximum Gasteiger partial charge on any atom is 0.231 e. The van der Waals surface area contributed by atoms with Crippen molar-refractivity contribution >= 4 is 87.0 Å². The van der Waals surface area contributed by atoms with Crippen molar-refractivity contribution in [2.75, 3.05) is 10.6 Å². The Morgan fingerprint density at radius 2 is 1.55 bits per heavy atom. The molecule has 0 unspecified atom stereocenters. The van der Waals surface area contributed by atoms with Gasteiger partial charge in [-0.3, -0.25) is 14.4 Å². The number of carbonyl (C=O) groups excluding carboxylic acids is 3. The number of hydrogen-bond donors (Lipinski definition) is 2. The Bertz CT molecular complexity index is 1630. The first-order valence-corrected chi connectivity index (χ1v) is 13.8. The van der Waals surface area contributed by atoms with Crippen LogP contribution in [-0.4, -0.2) is 21.9 Å². The van der Waals surface area contributed by atoms with Crippen LogP contribution in [0, 0.1) is 29.2 Å². The van der Waals surface area contributed by atoms with E-state index in [-0.39, 0.29) is 27.2 Å². The quantitative estimate of drug-likeness (QED) is 0.0780.